The number of pyridine rings is 1. The van der Waals surface area contributed by atoms with Crippen LogP contribution in [0, 0.1) is 5.92 Å². The Morgan fingerprint density at radius 2 is 2.25 bits per heavy atom. The van der Waals surface area contributed by atoms with E-state index in [0.29, 0.717) is 10.7 Å². The molecule has 1 saturated carbocycles. The molecule has 0 radical (unpaired) electrons. The van der Waals surface area contributed by atoms with Gasteiger partial charge in [0.05, 0.1) is 5.69 Å². The molecular formula is C12H17N3S. The Morgan fingerprint density at radius 3 is 2.94 bits per heavy atom. The van der Waals surface area contributed by atoms with Crippen LogP contribution in [0.25, 0.3) is 0 Å². The van der Waals surface area contributed by atoms with Crippen LogP contribution in [0.1, 0.15) is 31.4 Å². The van der Waals surface area contributed by atoms with Gasteiger partial charge < -0.3 is 11.1 Å². The predicted octanol–water partition coefficient (Wildman–Crippen LogP) is 2.32. The van der Waals surface area contributed by atoms with E-state index in [4.69, 9.17) is 18.0 Å². The molecule has 4 heteroatoms. The Bertz CT molecular complexity index is 372. The van der Waals surface area contributed by atoms with E-state index in [1.54, 1.807) is 6.20 Å². The van der Waals surface area contributed by atoms with Gasteiger partial charge in [0.2, 0.25) is 0 Å². The molecule has 0 aromatic carbocycles. The standard InChI is InChI=1S/C12H17N3S/c13-12(16)11-10(6-3-7-14-11)15-8-9-4-1-2-5-9/h3,6-7,9,15H,1-2,4-5,8H2,(H2,13,16). The van der Waals surface area contributed by atoms with Crippen LogP contribution in [-0.4, -0.2) is 16.5 Å². The predicted molar refractivity (Wildman–Crippen MR) is 70.6 cm³/mol. The molecular weight excluding hydrogens is 218 g/mol. The molecule has 0 aliphatic heterocycles. The van der Waals surface area contributed by atoms with Crippen LogP contribution in [0.4, 0.5) is 5.69 Å². The molecule has 1 fully saturated rings. The highest BCUT2D eigenvalue weighted by Gasteiger charge is 2.15. The largest absolute Gasteiger partial charge is 0.388 e. The molecule has 1 aliphatic rings. The van der Waals surface area contributed by atoms with Crippen molar-refractivity contribution in [1.82, 2.24) is 4.98 Å². The Balaban J connectivity index is 2.00. The normalized spacial score (nSPS) is 16.2. The van der Waals surface area contributed by atoms with Gasteiger partial charge in [-0.25, -0.2) is 0 Å². The maximum atomic E-state index is 5.63. The number of nitrogens with two attached hydrogens (primary N) is 1. The summed E-state index contributed by atoms with van der Waals surface area (Å²) in [6.45, 7) is 1.00. The second kappa shape index (κ2) is 5.25. The fourth-order valence-corrected chi connectivity index (χ4v) is 2.38. The first-order valence-corrected chi connectivity index (χ1v) is 6.17. The van der Waals surface area contributed by atoms with Gasteiger partial charge in [0.15, 0.2) is 0 Å². The van der Waals surface area contributed by atoms with E-state index in [9.17, 15) is 0 Å². The molecule has 0 saturated heterocycles. The van der Waals surface area contributed by atoms with Crippen molar-refractivity contribution in [3.05, 3.63) is 24.0 Å². The molecule has 1 aromatic rings. The number of rotatable bonds is 4. The second-order valence-corrected chi connectivity index (χ2v) is 4.74. The zero-order valence-corrected chi connectivity index (χ0v) is 10.1. The highest BCUT2D eigenvalue weighted by Crippen LogP contribution is 2.25. The van der Waals surface area contributed by atoms with Gasteiger partial charge in [-0.3, -0.25) is 4.98 Å². The van der Waals surface area contributed by atoms with Crippen LogP contribution in [0.3, 0.4) is 0 Å². The molecule has 0 bridgehead atoms. The molecule has 1 aliphatic carbocycles. The quantitative estimate of drug-likeness (QED) is 0.786. The Kier molecular flexibility index (Phi) is 3.72. The van der Waals surface area contributed by atoms with Crippen molar-refractivity contribution in [3.63, 3.8) is 0 Å². The summed E-state index contributed by atoms with van der Waals surface area (Å²) in [7, 11) is 0. The minimum Gasteiger partial charge on any atom is -0.388 e. The smallest absolute Gasteiger partial charge is 0.124 e. The summed E-state index contributed by atoms with van der Waals surface area (Å²) in [6.07, 6.45) is 7.10. The van der Waals surface area contributed by atoms with Gasteiger partial charge >= 0.3 is 0 Å². The number of thiocarbonyl (C=S) groups is 1. The first-order valence-electron chi connectivity index (χ1n) is 5.76. The SMILES string of the molecule is NC(=S)c1ncccc1NCC1CCCC1. The molecule has 1 heterocycles. The minimum atomic E-state index is 0.356. The molecule has 1 aromatic heterocycles. The Morgan fingerprint density at radius 1 is 1.50 bits per heavy atom. The summed E-state index contributed by atoms with van der Waals surface area (Å²) < 4.78 is 0. The van der Waals surface area contributed by atoms with Crippen molar-refractivity contribution in [3.8, 4) is 0 Å². The molecule has 16 heavy (non-hydrogen) atoms. The van der Waals surface area contributed by atoms with E-state index in [2.05, 4.69) is 10.3 Å². The number of hydrogen-bond donors (Lipinski definition) is 2. The van der Waals surface area contributed by atoms with Crippen molar-refractivity contribution < 1.29 is 0 Å². The van der Waals surface area contributed by atoms with E-state index in [-0.39, 0.29) is 0 Å². The number of anilines is 1. The summed E-state index contributed by atoms with van der Waals surface area (Å²) >= 11 is 4.97. The molecule has 0 spiro atoms. The fourth-order valence-electron chi connectivity index (χ4n) is 2.21. The van der Waals surface area contributed by atoms with Crippen LogP contribution in [0.2, 0.25) is 0 Å². The van der Waals surface area contributed by atoms with Gasteiger partial charge in [-0.1, -0.05) is 25.1 Å². The average Bonchev–Trinajstić information content (AvgIpc) is 2.79. The number of hydrogen-bond acceptors (Lipinski definition) is 3. The van der Waals surface area contributed by atoms with Gasteiger partial charge in [-0.05, 0) is 30.9 Å². The minimum absolute atomic E-state index is 0.356. The molecule has 0 unspecified atom stereocenters. The van der Waals surface area contributed by atoms with Gasteiger partial charge in [0, 0.05) is 12.7 Å². The lowest BCUT2D eigenvalue weighted by atomic mass is 10.1. The van der Waals surface area contributed by atoms with Crippen molar-refractivity contribution in [1.29, 1.82) is 0 Å². The van der Waals surface area contributed by atoms with E-state index in [1.807, 2.05) is 12.1 Å². The van der Waals surface area contributed by atoms with E-state index < -0.39 is 0 Å². The average molecular weight is 235 g/mol. The summed E-state index contributed by atoms with van der Waals surface area (Å²) in [5.74, 6) is 0.791. The van der Waals surface area contributed by atoms with Crippen LogP contribution in [0.5, 0.6) is 0 Å². The Hall–Kier alpha value is -1.16. The van der Waals surface area contributed by atoms with Gasteiger partial charge in [-0.15, -0.1) is 0 Å². The monoisotopic (exact) mass is 235 g/mol. The number of nitrogens with zero attached hydrogens (tertiary/aromatic N) is 1. The van der Waals surface area contributed by atoms with Crippen LogP contribution >= 0.6 is 12.2 Å². The van der Waals surface area contributed by atoms with Gasteiger partial charge in [0.1, 0.15) is 10.7 Å². The lowest BCUT2D eigenvalue weighted by molar-refractivity contribution is 0.580. The number of aromatic nitrogens is 1. The third-order valence-electron chi connectivity index (χ3n) is 3.10. The van der Waals surface area contributed by atoms with E-state index in [0.717, 1.165) is 18.2 Å². The molecule has 3 nitrogen and oxygen atoms in total. The summed E-state index contributed by atoms with van der Waals surface area (Å²) in [5.41, 5.74) is 7.29. The van der Waals surface area contributed by atoms with Crippen molar-refractivity contribution >= 4 is 22.9 Å². The topological polar surface area (TPSA) is 50.9 Å². The summed E-state index contributed by atoms with van der Waals surface area (Å²) in [4.78, 5) is 4.55. The Labute approximate surface area is 101 Å². The van der Waals surface area contributed by atoms with Crippen LogP contribution < -0.4 is 11.1 Å². The maximum absolute atomic E-state index is 5.63. The summed E-state index contributed by atoms with van der Waals surface area (Å²) in [5, 5.41) is 3.41. The molecule has 86 valence electrons. The molecule has 3 N–H and O–H groups in total. The zero-order valence-electron chi connectivity index (χ0n) is 9.28. The summed E-state index contributed by atoms with van der Waals surface area (Å²) in [6, 6.07) is 3.88. The van der Waals surface area contributed by atoms with Crippen LogP contribution in [-0.2, 0) is 0 Å². The number of nitrogens with one attached hydrogen (secondary N) is 1. The molecule has 0 amide bonds. The van der Waals surface area contributed by atoms with E-state index in [1.165, 1.54) is 25.7 Å². The first kappa shape index (κ1) is 11.3. The second-order valence-electron chi connectivity index (χ2n) is 4.30. The highest BCUT2D eigenvalue weighted by molar-refractivity contribution is 7.80. The van der Waals surface area contributed by atoms with Crippen molar-refractivity contribution in [2.45, 2.75) is 25.7 Å². The lowest BCUT2D eigenvalue weighted by Crippen LogP contribution is -2.17. The highest BCUT2D eigenvalue weighted by atomic mass is 32.1. The maximum Gasteiger partial charge on any atom is 0.124 e. The third-order valence-corrected chi connectivity index (χ3v) is 3.29. The third kappa shape index (κ3) is 2.70. The molecule has 0 atom stereocenters. The van der Waals surface area contributed by atoms with E-state index >= 15 is 0 Å². The lowest BCUT2D eigenvalue weighted by Gasteiger charge is -2.13. The first-order chi connectivity index (χ1) is 7.77. The molecule has 2 rings (SSSR count). The fraction of sp³-hybridized carbons (Fsp3) is 0.500. The van der Waals surface area contributed by atoms with Crippen molar-refractivity contribution in [2.75, 3.05) is 11.9 Å². The van der Waals surface area contributed by atoms with Gasteiger partial charge in [0.25, 0.3) is 0 Å². The van der Waals surface area contributed by atoms with Gasteiger partial charge in [-0.2, -0.15) is 0 Å². The van der Waals surface area contributed by atoms with Crippen LogP contribution in [0.15, 0.2) is 18.3 Å². The zero-order chi connectivity index (χ0) is 11.4. The van der Waals surface area contributed by atoms with Crippen molar-refractivity contribution in [2.24, 2.45) is 11.7 Å².